The lowest BCUT2D eigenvalue weighted by molar-refractivity contribution is 0.0941. The molecule has 0 aliphatic carbocycles. The van der Waals surface area contributed by atoms with E-state index in [9.17, 15) is 4.79 Å². The summed E-state index contributed by atoms with van der Waals surface area (Å²) in [7, 11) is 0. The van der Waals surface area contributed by atoms with Gasteiger partial charge >= 0.3 is 0 Å². The molecule has 3 heterocycles. The molecule has 0 saturated heterocycles. The highest BCUT2D eigenvalue weighted by atomic mass is 16.7. The molecule has 0 saturated carbocycles. The molecule has 31 heavy (non-hydrogen) atoms. The van der Waals surface area contributed by atoms with E-state index in [0.717, 1.165) is 33.3 Å². The fraction of sp³-hybridized carbons (Fsp3) is 0.160. The van der Waals surface area contributed by atoms with Crippen LogP contribution >= 0.6 is 0 Å². The van der Waals surface area contributed by atoms with Crippen LogP contribution in [0, 0.1) is 6.92 Å². The number of amides is 1. The molecule has 0 fully saturated rings. The molecule has 6 heteroatoms. The third-order valence-electron chi connectivity index (χ3n) is 5.41. The molecule has 1 amide bonds. The number of fused-ring (bicyclic) bond motifs is 2. The number of hydrogen-bond donors (Lipinski definition) is 1. The van der Waals surface area contributed by atoms with Crippen molar-refractivity contribution in [1.82, 2.24) is 15.3 Å². The van der Waals surface area contributed by atoms with Crippen LogP contribution in [0.25, 0.3) is 22.2 Å². The van der Waals surface area contributed by atoms with E-state index < -0.39 is 0 Å². The average molecular weight is 411 g/mol. The summed E-state index contributed by atoms with van der Waals surface area (Å²) in [5.41, 5.74) is 4.95. The summed E-state index contributed by atoms with van der Waals surface area (Å²) in [6, 6.07) is 17.1. The first-order valence-electron chi connectivity index (χ1n) is 10.1. The molecule has 0 spiro atoms. The molecule has 4 aromatic rings. The van der Waals surface area contributed by atoms with Gasteiger partial charge in [0.05, 0.1) is 22.8 Å². The Balaban J connectivity index is 1.52. The summed E-state index contributed by atoms with van der Waals surface area (Å²) in [5.74, 6) is 1.26. The normalized spacial score (nSPS) is 13.2. The number of hydrogen-bond acceptors (Lipinski definition) is 5. The number of rotatable bonds is 4. The Morgan fingerprint density at radius 3 is 2.77 bits per heavy atom. The van der Waals surface area contributed by atoms with E-state index in [1.54, 1.807) is 12.4 Å². The zero-order valence-corrected chi connectivity index (χ0v) is 17.3. The minimum Gasteiger partial charge on any atom is -0.454 e. The number of benzene rings is 2. The van der Waals surface area contributed by atoms with E-state index in [-0.39, 0.29) is 18.7 Å². The van der Waals surface area contributed by atoms with Gasteiger partial charge in [0, 0.05) is 23.3 Å². The lowest BCUT2D eigenvalue weighted by Crippen LogP contribution is -2.27. The van der Waals surface area contributed by atoms with Crippen LogP contribution in [0.5, 0.6) is 11.5 Å². The van der Waals surface area contributed by atoms with Gasteiger partial charge in [-0.1, -0.05) is 17.7 Å². The Labute approximate surface area is 179 Å². The van der Waals surface area contributed by atoms with Crippen molar-refractivity contribution in [2.75, 3.05) is 6.79 Å². The molecular formula is C25H21N3O3. The highest BCUT2D eigenvalue weighted by molar-refractivity contribution is 6.07. The van der Waals surface area contributed by atoms with Crippen LogP contribution in [-0.2, 0) is 0 Å². The summed E-state index contributed by atoms with van der Waals surface area (Å²) >= 11 is 0. The quantitative estimate of drug-likeness (QED) is 0.521. The molecular weight excluding hydrogens is 390 g/mol. The third-order valence-corrected chi connectivity index (χ3v) is 5.41. The zero-order valence-electron chi connectivity index (χ0n) is 17.3. The number of ether oxygens (including phenoxy) is 2. The van der Waals surface area contributed by atoms with Crippen molar-refractivity contribution in [1.29, 1.82) is 0 Å². The summed E-state index contributed by atoms with van der Waals surface area (Å²) in [6.07, 6.45) is 3.47. The van der Waals surface area contributed by atoms with Crippen LogP contribution < -0.4 is 14.8 Å². The van der Waals surface area contributed by atoms with Gasteiger partial charge in [0.25, 0.3) is 5.91 Å². The molecule has 6 nitrogen and oxygen atoms in total. The number of aryl methyl sites for hydroxylation is 1. The van der Waals surface area contributed by atoms with E-state index in [1.165, 1.54) is 0 Å². The minimum absolute atomic E-state index is 0.159. The smallest absolute Gasteiger partial charge is 0.252 e. The maximum Gasteiger partial charge on any atom is 0.252 e. The van der Waals surface area contributed by atoms with Gasteiger partial charge in [-0.25, -0.2) is 4.98 Å². The van der Waals surface area contributed by atoms with E-state index in [0.29, 0.717) is 17.0 Å². The molecule has 0 bridgehead atoms. The maximum atomic E-state index is 13.4. The standard InChI is InChI=1S/C25H21N3O3/c1-15-5-7-21-19(10-15)20(12-22(28-21)18-4-3-9-26-13-18)25(29)27-16(2)17-6-8-23-24(11-17)31-14-30-23/h3-13,16H,14H2,1-2H3,(H,27,29)/t16-/m1/s1. The van der Waals surface area contributed by atoms with Crippen molar-refractivity contribution in [2.24, 2.45) is 0 Å². The second kappa shape index (κ2) is 7.72. The fourth-order valence-electron chi connectivity index (χ4n) is 3.73. The summed E-state index contributed by atoms with van der Waals surface area (Å²) in [5, 5.41) is 3.94. The van der Waals surface area contributed by atoms with Crippen molar-refractivity contribution >= 4 is 16.8 Å². The maximum absolute atomic E-state index is 13.4. The van der Waals surface area contributed by atoms with Gasteiger partial charge in [0.15, 0.2) is 11.5 Å². The second-order valence-electron chi connectivity index (χ2n) is 7.63. The second-order valence-corrected chi connectivity index (χ2v) is 7.63. The van der Waals surface area contributed by atoms with E-state index in [4.69, 9.17) is 14.5 Å². The first kappa shape index (κ1) is 19.1. The van der Waals surface area contributed by atoms with Crippen LogP contribution in [0.1, 0.15) is 34.5 Å². The molecule has 154 valence electrons. The van der Waals surface area contributed by atoms with Crippen molar-refractivity contribution in [3.8, 4) is 22.8 Å². The molecule has 2 aromatic carbocycles. The monoisotopic (exact) mass is 411 g/mol. The number of pyridine rings is 2. The fourth-order valence-corrected chi connectivity index (χ4v) is 3.73. The van der Waals surface area contributed by atoms with Gasteiger partial charge in [0.1, 0.15) is 0 Å². The van der Waals surface area contributed by atoms with Crippen LogP contribution in [0.4, 0.5) is 0 Å². The third kappa shape index (κ3) is 3.68. The van der Waals surface area contributed by atoms with Crippen molar-refractivity contribution in [3.05, 3.63) is 83.7 Å². The van der Waals surface area contributed by atoms with Crippen LogP contribution in [-0.4, -0.2) is 22.7 Å². The van der Waals surface area contributed by atoms with Gasteiger partial charge < -0.3 is 14.8 Å². The molecule has 1 N–H and O–H groups in total. The average Bonchev–Trinajstić information content (AvgIpc) is 3.27. The lowest BCUT2D eigenvalue weighted by atomic mass is 10.0. The molecule has 0 radical (unpaired) electrons. The lowest BCUT2D eigenvalue weighted by Gasteiger charge is -2.16. The van der Waals surface area contributed by atoms with Crippen molar-refractivity contribution < 1.29 is 14.3 Å². The zero-order chi connectivity index (χ0) is 21.4. The molecule has 1 aliphatic rings. The van der Waals surface area contributed by atoms with Gasteiger partial charge in [-0.2, -0.15) is 0 Å². The van der Waals surface area contributed by atoms with Gasteiger partial charge in [0.2, 0.25) is 6.79 Å². The summed E-state index contributed by atoms with van der Waals surface area (Å²) in [4.78, 5) is 22.3. The molecule has 0 unspecified atom stereocenters. The Bertz CT molecular complexity index is 1290. The Morgan fingerprint density at radius 1 is 1.06 bits per heavy atom. The predicted octanol–water partition coefficient (Wildman–Crippen LogP) is 4.82. The van der Waals surface area contributed by atoms with E-state index in [2.05, 4.69) is 10.3 Å². The van der Waals surface area contributed by atoms with Crippen LogP contribution in [0.3, 0.4) is 0 Å². The van der Waals surface area contributed by atoms with E-state index in [1.807, 2.05) is 68.4 Å². The van der Waals surface area contributed by atoms with Crippen molar-refractivity contribution in [3.63, 3.8) is 0 Å². The SMILES string of the molecule is Cc1ccc2nc(-c3cccnc3)cc(C(=O)N[C@H](C)c3ccc4c(c3)OCO4)c2c1. The number of carbonyl (C=O) groups is 1. The Morgan fingerprint density at radius 2 is 1.94 bits per heavy atom. The first-order valence-corrected chi connectivity index (χ1v) is 10.1. The summed E-state index contributed by atoms with van der Waals surface area (Å²) < 4.78 is 10.8. The largest absolute Gasteiger partial charge is 0.454 e. The topological polar surface area (TPSA) is 73.3 Å². The summed E-state index contributed by atoms with van der Waals surface area (Å²) in [6.45, 7) is 4.18. The number of carbonyl (C=O) groups excluding carboxylic acids is 1. The number of nitrogens with zero attached hydrogens (tertiary/aromatic N) is 2. The highest BCUT2D eigenvalue weighted by Gasteiger charge is 2.19. The van der Waals surface area contributed by atoms with Crippen LogP contribution in [0.15, 0.2) is 67.0 Å². The first-order chi connectivity index (χ1) is 15.1. The van der Waals surface area contributed by atoms with Crippen molar-refractivity contribution in [2.45, 2.75) is 19.9 Å². The van der Waals surface area contributed by atoms with Gasteiger partial charge in [-0.3, -0.25) is 9.78 Å². The predicted molar refractivity (Wildman–Crippen MR) is 118 cm³/mol. The van der Waals surface area contributed by atoms with Crippen LogP contribution in [0.2, 0.25) is 0 Å². The molecule has 5 rings (SSSR count). The minimum atomic E-state index is -0.211. The van der Waals surface area contributed by atoms with Gasteiger partial charge in [-0.05, 0) is 61.9 Å². The number of nitrogens with one attached hydrogen (secondary N) is 1. The Hall–Kier alpha value is -3.93. The molecule has 2 aromatic heterocycles. The number of aromatic nitrogens is 2. The van der Waals surface area contributed by atoms with E-state index >= 15 is 0 Å². The highest BCUT2D eigenvalue weighted by Crippen LogP contribution is 2.34. The molecule has 1 atom stereocenters. The van der Waals surface area contributed by atoms with Gasteiger partial charge in [-0.15, -0.1) is 0 Å². The molecule has 1 aliphatic heterocycles. The Kier molecular flexibility index (Phi) is 4.75.